The molecule has 214 valence electrons. The predicted octanol–water partition coefficient (Wildman–Crippen LogP) is 4.12. The van der Waals surface area contributed by atoms with Gasteiger partial charge in [0.1, 0.15) is 5.75 Å². The Hall–Kier alpha value is -2.95. The largest absolute Gasteiger partial charge is 0.507 e. The highest BCUT2D eigenvalue weighted by molar-refractivity contribution is 9.09. The Balaban J connectivity index is 1.51. The van der Waals surface area contributed by atoms with Gasteiger partial charge >= 0.3 is 5.97 Å². The number of carbonyl (C=O) groups is 5. The van der Waals surface area contributed by atoms with Gasteiger partial charge in [-0.3, -0.25) is 33.8 Å². The van der Waals surface area contributed by atoms with E-state index in [1.54, 1.807) is 30.3 Å². The normalized spacial score (nSPS) is 32.7. The molecule has 3 fully saturated rings. The van der Waals surface area contributed by atoms with Gasteiger partial charge in [0.05, 0.1) is 17.3 Å². The first-order valence-electron chi connectivity index (χ1n) is 13.2. The fourth-order valence-corrected chi connectivity index (χ4v) is 8.69. The molecule has 2 N–H and O–H groups in total. The lowest BCUT2D eigenvalue weighted by Gasteiger charge is -2.50. The molecule has 6 atom stereocenters. The summed E-state index contributed by atoms with van der Waals surface area (Å²) in [6.45, 7) is -0.0336. The van der Waals surface area contributed by atoms with E-state index >= 15 is 0 Å². The van der Waals surface area contributed by atoms with Crippen LogP contribution < -0.4 is 0 Å². The van der Waals surface area contributed by atoms with E-state index < -0.39 is 63.0 Å². The first-order chi connectivity index (χ1) is 19.5. The molecule has 4 amide bonds. The van der Waals surface area contributed by atoms with E-state index in [1.165, 1.54) is 0 Å². The Labute approximate surface area is 253 Å². The van der Waals surface area contributed by atoms with Gasteiger partial charge in [0.2, 0.25) is 11.8 Å². The van der Waals surface area contributed by atoms with Gasteiger partial charge < -0.3 is 10.2 Å². The quantitative estimate of drug-likeness (QED) is 0.206. The zero-order chi connectivity index (χ0) is 29.4. The molecular formula is C29H25BrCl2N2O7. The summed E-state index contributed by atoms with van der Waals surface area (Å²) < 4.78 is 0. The molecule has 9 nitrogen and oxygen atoms in total. The Bertz CT molecular complexity index is 1580. The van der Waals surface area contributed by atoms with Gasteiger partial charge in [-0.05, 0) is 30.6 Å². The van der Waals surface area contributed by atoms with E-state index in [9.17, 15) is 29.1 Å². The number of amides is 4. The summed E-state index contributed by atoms with van der Waals surface area (Å²) in [4.78, 5) is 63.8. The number of aromatic hydroxyl groups is 1. The van der Waals surface area contributed by atoms with Crippen molar-refractivity contribution in [2.45, 2.75) is 41.3 Å². The molecule has 12 heteroatoms. The molecule has 0 aromatic heterocycles. The summed E-state index contributed by atoms with van der Waals surface area (Å²) in [6, 6.07) is 10.6. The van der Waals surface area contributed by atoms with Crippen LogP contribution in [0.2, 0.25) is 0 Å². The van der Waals surface area contributed by atoms with Gasteiger partial charge in [-0.15, -0.1) is 23.2 Å². The highest BCUT2D eigenvalue weighted by atomic mass is 79.9. The number of carbonyl (C=O) groups excluding carboxylic acids is 4. The number of carboxylic acid groups (broad SMARTS) is 1. The number of halogens is 3. The smallest absolute Gasteiger partial charge is 0.303 e. The number of carboxylic acids is 1. The van der Waals surface area contributed by atoms with Gasteiger partial charge in [-0.25, -0.2) is 0 Å². The van der Waals surface area contributed by atoms with Crippen LogP contribution in [0.15, 0.2) is 48.0 Å². The lowest BCUT2D eigenvalue weighted by molar-refractivity contribution is -0.142. The van der Waals surface area contributed by atoms with Crippen molar-refractivity contribution in [1.29, 1.82) is 0 Å². The van der Waals surface area contributed by atoms with Crippen molar-refractivity contribution in [2.24, 2.45) is 17.8 Å². The standard InChI is InChI=1S/C29H25BrCl2N2O7/c30-13-34-26(40)28(31)12-19-16(9-10-17-21(19)25(39)33(24(17)38)11-3-6-20(35)36)22(29(28,32)27(34)41)18-8-7-14-4-1-2-5-15(14)23(18)37/h1-2,4-5,7-9,17,19,21-22,37H,3,6,10-13H2,(H,35,36)/t17-,19+,21-,22+,28+,29-/m0/s1. The summed E-state index contributed by atoms with van der Waals surface area (Å²) in [5, 5.41) is 21.8. The van der Waals surface area contributed by atoms with Crippen LogP contribution in [-0.4, -0.2) is 71.4 Å². The molecule has 4 aliphatic rings. The minimum Gasteiger partial charge on any atom is -0.507 e. The lowest BCUT2D eigenvalue weighted by Crippen LogP contribution is -2.60. The fourth-order valence-electron chi connectivity index (χ4n) is 7.28. The zero-order valence-corrected chi connectivity index (χ0v) is 24.7. The van der Waals surface area contributed by atoms with Gasteiger partial charge in [0.25, 0.3) is 11.8 Å². The molecule has 2 heterocycles. The highest BCUT2D eigenvalue weighted by Gasteiger charge is 2.76. The molecule has 0 unspecified atom stereocenters. The molecule has 2 aromatic carbocycles. The summed E-state index contributed by atoms with van der Waals surface area (Å²) in [5.41, 5.74) is 0.731. The van der Waals surface area contributed by atoms with E-state index in [4.69, 9.17) is 28.3 Å². The number of allylic oxidation sites excluding steroid dienone is 2. The molecular weight excluding hydrogens is 639 g/mol. The molecule has 2 aliphatic carbocycles. The lowest BCUT2D eigenvalue weighted by atomic mass is 9.56. The van der Waals surface area contributed by atoms with E-state index in [0.717, 1.165) is 15.2 Å². The number of likely N-dealkylation sites (tertiary alicyclic amines) is 2. The SMILES string of the molecule is O=C(O)CCCN1C(=O)[C@H]2[C@H](CC=C3[C@H]2C[C@@]2(Cl)C(=O)N(CBr)C(=O)[C@@]2(Cl)[C@H]3c2ccc3ccccc3c2O)C1=O. The number of rotatable bonds is 6. The number of hydrogen-bond acceptors (Lipinski definition) is 6. The number of fused-ring (bicyclic) bond motifs is 5. The van der Waals surface area contributed by atoms with E-state index in [1.807, 2.05) is 12.1 Å². The van der Waals surface area contributed by atoms with Gasteiger partial charge in [-0.1, -0.05) is 64.0 Å². The van der Waals surface area contributed by atoms with Gasteiger partial charge in [-0.2, -0.15) is 0 Å². The molecule has 2 saturated heterocycles. The number of hydrogen-bond donors (Lipinski definition) is 2. The van der Waals surface area contributed by atoms with Crippen LogP contribution in [0.25, 0.3) is 10.8 Å². The topological polar surface area (TPSA) is 132 Å². The van der Waals surface area contributed by atoms with Crippen molar-refractivity contribution < 1.29 is 34.2 Å². The van der Waals surface area contributed by atoms with Crippen LogP contribution in [-0.2, 0) is 24.0 Å². The Morgan fingerprint density at radius 2 is 1.73 bits per heavy atom. The van der Waals surface area contributed by atoms with Crippen LogP contribution in [0.5, 0.6) is 5.75 Å². The molecule has 2 aromatic rings. The fraction of sp³-hybridized carbons (Fsp3) is 0.414. The molecule has 41 heavy (non-hydrogen) atoms. The zero-order valence-electron chi connectivity index (χ0n) is 21.6. The summed E-state index contributed by atoms with van der Waals surface area (Å²) in [5.74, 6) is -6.79. The number of phenols is 1. The van der Waals surface area contributed by atoms with Crippen LogP contribution >= 0.6 is 39.1 Å². The first-order valence-corrected chi connectivity index (χ1v) is 15.1. The maximum atomic E-state index is 13.9. The van der Waals surface area contributed by atoms with Crippen LogP contribution in [0, 0.1) is 17.8 Å². The maximum absolute atomic E-state index is 13.9. The number of aliphatic carboxylic acids is 1. The molecule has 0 spiro atoms. The number of alkyl halides is 3. The molecule has 0 bridgehead atoms. The number of phenolic OH excluding ortho intramolecular Hbond substituents is 1. The Morgan fingerprint density at radius 3 is 2.44 bits per heavy atom. The average molecular weight is 664 g/mol. The predicted molar refractivity (Wildman–Crippen MR) is 153 cm³/mol. The molecule has 6 rings (SSSR count). The maximum Gasteiger partial charge on any atom is 0.303 e. The minimum atomic E-state index is -2.01. The van der Waals surface area contributed by atoms with Crippen molar-refractivity contribution in [1.82, 2.24) is 9.80 Å². The summed E-state index contributed by atoms with van der Waals surface area (Å²) in [7, 11) is 0. The van der Waals surface area contributed by atoms with E-state index in [2.05, 4.69) is 15.9 Å². The summed E-state index contributed by atoms with van der Waals surface area (Å²) >= 11 is 17.6. The Kier molecular flexibility index (Phi) is 6.75. The van der Waals surface area contributed by atoms with Gasteiger partial charge in [0, 0.05) is 29.8 Å². The molecule has 0 radical (unpaired) electrons. The van der Waals surface area contributed by atoms with Crippen molar-refractivity contribution in [3.63, 3.8) is 0 Å². The van der Waals surface area contributed by atoms with Crippen molar-refractivity contribution in [3.8, 4) is 5.75 Å². The van der Waals surface area contributed by atoms with E-state index in [0.29, 0.717) is 16.5 Å². The first kappa shape index (κ1) is 28.2. The second-order valence-electron chi connectivity index (χ2n) is 11.0. The van der Waals surface area contributed by atoms with Crippen LogP contribution in [0.4, 0.5) is 0 Å². The van der Waals surface area contributed by atoms with Crippen LogP contribution in [0.1, 0.15) is 37.2 Å². The average Bonchev–Trinajstić information content (AvgIpc) is 3.27. The van der Waals surface area contributed by atoms with E-state index in [-0.39, 0.29) is 43.4 Å². The minimum absolute atomic E-state index is 0.0336. The second-order valence-corrected chi connectivity index (χ2v) is 12.8. The highest BCUT2D eigenvalue weighted by Crippen LogP contribution is 2.66. The molecule has 1 saturated carbocycles. The Morgan fingerprint density at radius 1 is 1.00 bits per heavy atom. The molecule has 2 aliphatic heterocycles. The second kappa shape index (κ2) is 9.81. The summed E-state index contributed by atoms with van der Waals surface area (Å²) in [6.07, 6.45) is 1.75. The van der Waals surface area contributed by atoms with Crippen molar-refractivity contribution >= 4 is 79.5 Å². The third-order valence-electron chi connectivity index (χ3n) is 9.12. The number of nitrogens with zero attached hydrogens (tertiary/aromatic N) is 2. The number of imide groups is 2. The van der Waals surface area contributed by atoms with Crippen molar-refractivity contribution in [3.05, 3.63) is 53.6 Å². The number of benzene rings is 2. The third-order valence-corrected chi connectivity index (χ3v) is 11.0. The third kappa shape index (κ3) is 3.76. The monoisotopic (exact) mass is 662 g/mol. The van der Waals surface area contributed by atoms with Crippen LogP contribution in [0.3, 0.4) is 0 Å². The van der Waals surface area contributed by atoms with Crippen molar-refractivity contribution in [2.75, 3.05) is 12.0 Å². The van der Waals surface area contributed by atoms with Gasteiger partial charge in [0.15, 0.2) is 9.75 Å².